The standard InChI is InChI=1S/C12H21OP/c14-13-12-8-4-7-11(12)9-10-5-2-1-3-6-10/h9-10,12H,1-8,14H2. The Hall–Kier alpha value is 0.130. The smallest absolute Gasteiger partial charge is 0.0820 e. The second-order valence-corrected chi connectivity index (χ2v) is 4.93. The van der Waals surface area contributed by atoms with Crippen molar-refractivity contribution in [3.8, 4) is 0 Å². The van der Waals surface area contributed by atoms with E-state index in [0.29, 0.717) is 6.10 Å². The summed E-state index contributed by atoms with van der Waals surface area (Å²) in [4.78, 5) is 0. The van der Waals surface area contributed by atoms with Crippen LogP contribution in [-0.2, 0) is 4.52 Å². The SMILES string of the molecule is POC1CCCC1=CC1CCCCC1. The normalized spacial score (nSPS) is 32.6. The van der Waals surface area contributed by atoms with Crippen molar-refractivity contribution in [2.24, 2.45) is 5.92 Å². The van der Waals surface area contributed by atoms with E-state index in [2.05, 4.69) is 15.5 Å². The lowest BCUT2D eigenvalue weighted by molar-refractivity contribution is 0.285. The van der Waals surface area contributed by atoms with Gasteiger partial charge in [0.1, 0.15) is 0 Å². The van der Waals surface area contributed by atoms with Gasteiger partial charge in [0.2, 0.25) is 0 Å². The Morgan fingerprint density at radius 2 is 1.86 bits per heavy atom. The predicted molar refractivity (Wildman–Crippen MR) is 63.1 cm³/mol. The number of hydrogen-bond donors (Lipinski definition) is 0. The van der Waals surface area contributed by atoms with Crippen LogP contribution in [0.1, 0.15) is 51.4 Å². The Morgan fingerprint density at radius 1 is 1.07 bits per heavy atom. The summed E-state index contributed by atoms with van der Waals surface area (Å²) in [6.07, 6.45) is 13.9. The van der Waals surface area contributed by atoms with E-state index in [4.69, 9.17) is 4.52 Å². The number of rotatable bonds is 2. The molecule has 2 aliphatic carbocycles. The molecule has 2 atom stereocenters. The van der Waals surface area contributed by atoms with E-state index in [-0.39, 0.29) is 0 Å². The molecule has 0 aliphatic heterocycles. The molecule has 0 amide bonds. The highest BCUT2D eigenvalue weighted by molar-refractivity contribution is 7.09. The summed E-state index contributed by atoms with van der Waals surface area (Å²) in [6, 6.07) is 0. The molecule has 14 heavy (non-hydrogen) atoms. The molecule has 0 bridgehead atoms. The third kappa shape index (κ3) is 2.58. The fourth-order valence-corrected chi connectivity index (χ4v) is 3.10. The Kier molecular flexibility index (Phi) is 4.01. The first-order valence-corrected chi connectivity index (χ1v) is 6.43. The average Bonchev–Trinajstić information content (AvgIpc) is 2.67. The van der Waals surface area contributed by atoms with E-state index >= 15 is 0 Å². The van der Waals surface area contributed by atoms with Crippen LogP contribution >= 0.6 is 9.47 Å². The van der Waals surface area contributed by atoms with E-state index in [9.17, 15) is 0 Å². The third-order valence-corrected chi connectivity index (χ3v) is 3.94. The highest BCUT2D eigenvalue weighted by Crippen LogP contribution is 2.33. The van der Waals surface area contributed by atoms with Gasteiger partial charge >= 0.3 is 0 Å². The van der Waals surface area contributed by atoms with Crippen LogP contribution in [0.15, 0.2) is 11.6 Å². The minimum Gasteiger partial charge on any atom is -0.358 e. The van der Waals surface area contributed by atoms with Gasteiger partial charge < -0.3 is 4.52 Å². The van der Waals surface area contributed by atoms with Crippen molar-refractivity contribution >= 4 is 9.47 Å². The van der Waals surface area contributed by atoms with E-state index in [0.717, 1.165) is 5.92 Å². The molecule has 2 aliphatic rings. The summed E-state index contributed by atoms with van der Waals surface area (Å²) in [6.45, 7) is 0. The van der Waals surface area contributed by atoms with Crippen molar-refractivity contribution in [2.45, 2.75) is 57.5 Å². The van der Waals surface area contributed by atoms with Crippen molar-refractivity contribution in [3.05, 3.63) is 11.6 Å². The summed E-state index contributed by atoms with van der Waals surface area (Å²) in [7, 11) is 2.42. The summed E-state index contributed by atoms with van der Waals surface area (Å²) >= 11 is 0. The van der Waals surface area contributed by atoms with Crippen molar-refractivity contribution in [1.82, 2.24) is 0 Å². The molecule has 80 valence electrons. The van der Waals surface area contributed by atoms with Gasteiger partial charge in [-0.3, -0.25) is 0 Å². The van der Waals surface area contributed by atoms with E-state index in [1.807, 2.05) is 0 Å². The van der Waals surface area contributed by atoms with Gasteiger partial charge in [-0.25, -0.2) is 0 Å². The molecule has 0 aromatic rings. The van der Waals surface area contributed by atoms with Crippen LogP contribution < -0.4 is 0 Å². The highest BCUT2D eigenvalue weighted by Gasteiger charge is 2.22. The molecule has 0 N–H and O–H groups in total. The zero-order chi connectivity index (χ0) is 9.80. The molecule has 0 spiro atoms. The van der Waals surface area contributed by atoms with Crippen LogP contribution in [-0.4, -0.2) is 6.10 Å². The number of hydrogen-bond acceptors (Lipinski definition) is 1. The van der Waals surface area contributed by atoms with Gasteiger partial charge in [0.05, 0.1) is 6.10 Å². The molecule has 2 fully saturated rings. The maximum absolute atomic E-state index is 5.41. The largest absolute Gasteiger partial charge is 0.358 e. The first kappa shape index (κ1) is 10.6. The van der Waals surface area contributed by atoms with Gasteiger partial charge in [0.25, 0.3) is 0 Å². The van der Waals surface area contributed by atoms with Crippen LogP contribution in [0.25, 0.3) is 0 Å². The molecule has 0 aromatic heterocycles. The summed E-state index contributed by atoms with van der Waals surface area (Å²) in [5, 5.41) is 0. The van der Waals surface area contributed by atoms with E-state index < -0.39 is 0 Å². The molecule has 2 rings (SSSR count). The van der Waals surface area contributed by atoms with Gasteiger partial charge in [-0.15, -0.1) is 0 Å². The van der Waals surface area contributed by atoms with Crippen LogP contribution in [0.4, 0.5) is 0 Å². The molecule has 1 nitrogen and oxygen atoms in total. The molecule has 0 heterocycles. The zero-order valence-electron chi connectivity index (χ0n) is 8.87. The average molecular weight is 212 g/mol. The molecule has 0 aromatic carbocycles. The van der Waals surface area contributed by atoms with Crippen LogP contribution in [0.5, 0.6) is 0 Å². The quantitative estimate of drug-likeness (QED) is 0.499. The number of allylic oxidation sites excluding steroid dienone is 1. The fraction of sp³-hybridized carbons (Fsp3) is 0.833. The Bertz CT molecular complexity index is 206. The maximum Gasteiger partial charge on any atom is 0.0820 e. The Morgan fingerprint density at radius 3 is 2.57 bits per heavy atom. The molecule has 2 unspecified atom stereocenters. The Balaban J connectivity index is 1.94. The lowest BCUT2D eigenvalue weighted by Crippen LogP contribution is -2.08. The van der Waals surface area contributed by atoms with Crippen molar-refractivity contribution in [1.29, 1.82) is 0 Å². The lowest BCUT2D eigenvalue weighted by atomic mass is 9.87. The molecule has 0 radical (unpaired) electrons. The van der Waals surface area contributed by atoms with Gasteiger partial charge in [0, 0.05) is 9.47 Å². The molecule has 2 saturated carbocycles. The molecule has 0 saturated heterocycles. The highest BCUT2D eigenvalue weighted by atomic mass is 31.0. The van der Waals surface area contributed by atoms with Crippen LogP contribution in [0.2, 0.25) is 0 Å². The van der Waals surface area contributed by atoms with E-state index in [1.165, 1.54) is 51.4 Å². The molecule has 2 heteroatoms. The van der Waals surface area contributed by atoms with E-state index in [1.54, 1.807) is 5.57 Å². The molecular formula is C12H21OP. The second kappa shape index (κ2) is 5.28. The van der Waals surface area contributed by atoms with Gasteiger partial charge in [-0.05, 0) is 43.6 Å². The lowest BCUT2D eigenvalue weighted by Gasteiger charge is -2.20. The van der Waals surface area contributed by atoms with Crippen molar-refractivity contribution in [3.63, 3.8) is 0 Å². The molecular weight excluding hydrogens is 191 g/mol. The third-order valence-electron chi connectivity index (χ3n) is 3.61. The minimum atomic E-state index is 0.418. The van der Waals surface area contributed by atoms with Crippen LogP contribution in [0, 0.1) is 5.92 Å². The first-order valence-electron chi connectivity index (χ1n) is 5.96. The van der Waals surface area contributed by atoms with Gasteiger partial charge in [-0.1, -0.05) is 25.3 Å². The first-order chi connectivity index (χ1) is 6.90. The van der Waals surface area contributed by atoms with Crippen LogP contribution in [0.3, 0.4) is 0 Å². The van der Waals surface area contributed by atoms with Gasteiger partial charge in [-0.2, -0.15) is 0 Å². The monoisotopic (exact) mass is 212 g/mol. The maximum atomic E-state index is 5.41. The summed E-state index contributed by atoms with van der Waals surface area (Å²) < 4.78 is 5.41. The zero-order valence-corrected chi connectivity index (χ0v) is 10.0. The minimum absolute atomic E-state index is 0.418. The Labute approximate surface area is 89.6 Å². The fourth-order valence-electron chi connectivity index (χ4n) is 2.79. The summed E-state index contributed by atoms with van der Waals surface area (Å²) in [5.41, 5.74) is 1.58. The summed E-state index contributed by atoms with van der Waals surface area (Å²) in [5.74, 6) is 0.861. The van der Waals surface area contributed by atoms with Crippen molar-refractivity contribution < 1.29 is 4.52 Å². The van der Waals surface area contributed by atoms with Gasteiger partial charge in [0.15, 0.2) is 0 Å². The predicted octanol–water partition coefficient (Wildman–Crippen LogP) is 3.85. The topological polar surface area (TPSA) is 9.23 Å². The second-order valence-electron chi connectivity index (χ2n) is 4.66. The van der Waals surface area contributed by atoms with Crippen molar-refractivity contribution in [2.75, 3.05) is 0 Å².